The van der Waals surface area contributed by atoms with Gasteiger partial charge in [0.1, 0.15) is 11.4 Å². The number of carbonyl (C=O) groups is 3. The molecule has 0 bridgehead atoms. The number of carbonyl (C=O) groups excluding carboxylic acids is 3. The maximum Gasteiger partial charge on any atom is 0.317 e. The van der Waals surface area contributed by atoms with Gasteiger partial charge in [-0.3, -0.25) is 9.59 Å². The summed E-state index contributed by atoms with van der Waals surface area (Å²) in [6, 6.07) is 16.5. The van der Waals surface area contributed by atoms with Crippen molar-refractivity contribution >= 4 is 34.4 Å². The minimum absolute atomic E-state index is 0.0690. The molecule has 172 valence electrons. The average molecular weight is 450 g/mol. The molecule has 1 saturated heterocycles. The number of nitrogens with zero attached hydrogens (tertiary/aromatic N) is 2. The van der Waals surface area contributed by atoms with Crippen molar-refractivity contribution in [3.05, 3.63) is 60.3 Å². The number of H-pyrrole nitrogens is 1. The fourth-order valence-electron chi connectivity index (χ4n) is 3.79. The summed E-state index contributed by atoms with van der Waals surface area (Å²) in [4.78, 5) is 43.9. The van der Waals surface area contributed by atoms with Crippen LogP contribution in [0, 0.1) is 0 Å². The van der Waals surface area contributed by atoms with Crippen LogP contribution in [0.4, 0.5) is 10.5 Å². The molecule has 2 aromatic carbocycles. The van der Waals surface area contributed by atoms with Crippen LogP contribution in [0.2, 0.25) is 0 Å². The summed E-state index contributed by atoms with van der Waals surface area (Å²) in [5.41, 5.74) is 2.12. The average Bonchev–Trinajstić information content (AvgIpc) is 3.28. The van der Waals surface area contributed by atoms with Crippen molar-refractivity contribution in [2.24, 2.45) is 0 Å². The van der Waals surface area contributed by atoms with Crippen molar-refractivity contribution in [1.29, 1.82) is 0 Å². The molecular formula is C24H27N5O4. The van der Waals surface area contributed by atoms with Gasteiger partial charge in [0, 0.05) is 61.8 Å². The largest absolute Gasteiger partial charge is 0.497 e. The minimum Gasteiger partial charge on any atom is -0.497 e. The second-order valence-electron chi connectivity index (χ2n) is 7.81. The van der Waals surface area contributed by atoms with E-state index in [2.05, 4.69) is 15.6 Å². The van der Waals surface area contributed by atoms with Crippen LogP contribution in [0.5, 0.6) is 5.75 Å². The van der Waals surface area contributed by atoms with E-state index in [4.69, 9.17) is 4.74 Å². The number of urea groups is 1. The Morgan fingerprint density at radius 3 is 2.48 bits per heavy atom. The number of nitrogens with one attached hydrogen (secondary N) is 3. The Kier molecular flexibility index (Phi) is 6.77. The first-order valence-corrected chi connectivity index (χ1v) is 10.9. The minimum atomic E-state index is -0.234. The van der Waals surface area contributed by atoms with E-state index in [0.29, 0.717) is 43.3 Å². The molecule has 0 unspecified atom stereocenters. The number of aromatic amines is 1. The topological polar surface area (TPSA) is 107 Å². The molecule has 4 amide bonds. The Hall–Kier alpha value is -4.01. The molecule has 3 N–H and O–H groups in total. The number of fused-ring (bicyclic) bond motifs is 1. The zero-order valence-corrected chi connectivity index (χ0v) is 18.5. The summed E-state index contributed by atoms with van der Waals surface area (Å²) < 4.78 is 5.14. The molecule has 0 atom stereocenters. The quantitative estimate of drug-likeness (QED) is 0.538. The summed E-state index contributed by atoms with van der Waals surface area (Å²) in [5.74, 6) is 0.390. The van der Waals surface area contributed by atoms with E-state index in [0.717, 1.165) is 10.9 Å². The lowest BCUT2D eigenvalue weighted by atomic mass is 10.2. The number of anilines is 1. The molecule has 4 rings (SSSR count). The molecule has 33 heavy (non-hydrogen) atoms. The predicted octanol–water partition coefficient (Wildman–Crippen LogP) is 2.67. The molecule has 1 aliphatic rings. The van der Waals surface area contributed by atoms with Crippen LogP contribution in [-0.4, -0.2) is 72.5 Å². The van der Waals surface area contributed by atoms with Crippen LogP contribution in [-0.2, 0) is 4.79 Å². The fraction of sp³-hybridized carbons (Fsp3) is 0.292. The number of ether oxygens (including phenoxy) is 1. The Balaban J connectivity index is 1.20. The molecule has 0 aliphatic carbocycles. The molecule has 2 heterocycles. The highest BCUT2D eigenvalue weighted by Crippen LogP contribution is 2.18. The lowest BCUT2D eigenvalue weighted by molar-refractivity contribution is -0.116. The van der Waals surface area contributed by atoms with Crippen LogP contribution in [0.1, 0.15) is 16.9 Å². The molecule has 1 aromatic heterocycles. The molecule has 1 fully saturated rings. The summed E-state index contributed by atoms with van der Waals surface area (Å²) in [6.45, 7) is 2.01. The van der Waals surface area contributed by atoms with Gasteiger partial charge in [0.05, 0.1) is 7.11 Å². The van der Waals surface area contributed by atoms with Crippen molar-refractivity contribution in [3.8, 4) is 5.75 Å². The van der Waals surface area contributed by atoms with Crippen LogP contribution in [0.15, 0.2) is 54.6 Å². The number of hydrogen-bond donors (Lipinski definition) is 3. The maximum atomic E-state index is 12.8. The fourth-order valence-corrected chi connectivity index (χ4v) is 3.79. The third-order valence-corrected chi connectivity index (χ3v) is 5.60. The van der Waals surface area contributed by atoms with E-state index in [1.54, 1.807) is 41.2 Å². The number of rotatable bonds is 6. The lowest BCUT2D eigenvalue weighted by Crippen LogP contribution is -2.53. The Labute approximate surface area is 191 Å². The molecule has 0 saturated carbocycles. The predicted molar refractivity (Wildman–Crippen MR) is 125 cm³/mol. The molecule has 9 heteroatoms. The molecule has 1 aliphatic heterocycles. The first kappa shape index (κ1) is 22.2. The van der Waals surface area contributed by atoms with Crippen molar-refractivity contribution in [2.75, 3.05) is 45.2 Å². The highest BCUT2D eigenvalue weighted by Gasteiger charge is 2.25. The second-order valence-corrected chi connectivity index (χ2v) is 7.81. The monoisotopic (exact) mass is 449 g/mol. The van der Waals surface area contributed by atoms with Gasteiger partial charge >= 0.3 is 6.03 Å². The van der Waals surface area contributed by atoms with Gasteiger partial charge in [-0.1, -0.05) is 24.3 Å². The summed E-state index contributed by atoms with van der Waals surface area (Å²) in [5, 5.41) is 6.55. The van der Waals surface area contributed by atoms with E-state index >= 15 is 0 Å². The molecular weight excluding hydrogens is 422 g/mol. The SMILES string of the molecule is COc1cccc(NC(=O)CCNC(=O)N2CCN(C(=O)c3cc4ccccc4[nH]3)CC2)c1. The smallest absolute Gasteiger partial charge is 0.317 e. The van der Waals surface area contributed by atoms with Gasteiger partial charge in [-0.2, -0.15) is 0 Å². The van der Waals surface area contributed by atoms with Crippen molar-refractivity contribution < 1.29 is 19.1 Å². The second kappa shape index (κ2) is 10.1. The third kappa shape index (κ3) is 5.43. The van der Waals surface area contributed by atoms with Crippen LogP contribution >= 0.6 is 0 Å². The first-order valence-electron chi connectivity index (χ1n) is 10.9. The van der Waals surface area contributed by atoms with Crippen LogP contribution < -0.4 is 15.4 Å². The van der Waals surface area contributed by atoms with E-state index in [9.17, 15) is 14.4 Å². The maximum absolute atomic E-state index is 12.8. The molecule has 0 spiro atoms. The number of amides is 4. The zero-order chi connectivity index (χ0) is 23.2. The number of benzene rings is 2. The first-order chi connectivity index (χ1) is 16.0. The Bertz CT molecular complexity index is 1120. The van der Waals surface area contributed by atoms with E-state index in [1.807, 2.05) is 30.3 Å². The van der Waals surface area contributed by atoms with Crippen molar-refractivity contribution in [1.82, 2.24) is 20.1 Å². The number of para-hydroxylation sites is 1. The van der Waals surface area contributed by atoms with Gasteiger partial charge in [-0.15, -0.1) is 0 Å². The van der Waals surface area contributed by atoms with Crippen LogP contribution in [0.3, 0.4) is 0 Å². The summed E-state index contributed by atoms with van der Waals surface area (Å²) >= 11 is 0. The molecule has 0 radical (unpaired) electrons. The van der Waals surface area contributed by atoms with Gasteiger partial charge in [-0.25, -0.2) is 4.79 Å². The molecule has 9 nitrogen and oxygen atoms in total. The van der Waals surface area contributed by atoms with Gasteiger partial charge < -0.3 is 30.2 Å². The van der Waals surface area contributed by atoms with Gasteiger partial charge in [0.2, 0.25) is 5.91 Å². The zero-order valence-electron chi connectivity index (χ0n) is 18.5. The summed E-state index contributed by atoms with van der Waals surface area (Å²) in [6.07, 6.45) is 0.155. The van der Waals surface area contributed by atoms with Gasteiger partial charge in [0.15, 0.2) is 0 Å². The third-order valence-electron chi connectivity index (χ3n) is 5.60. The number of piperazine rings is 1. The van der Waals surface area contributed by atoms with E-state index < -0.39 is 0 Å². The van der Waals surface area contributed by atoms with E-state index in [-0.39, 0.29) is 30.8 Å². The molecule has 3 aromatic rings. The Morgan fingerprint density at radius 1 is 0.970 bits per heavy atom. The number of hydrogen-bond acceptors (Lipinski definition) is 4. The standard InChI is InChI=1S/C24H27N5O4/c1-33-19-7-4-6-18(16-19)26-22(30)9-10-25-24(32)29-13-11-28(12-14-29)23(31)21-15-17-5-2-3-8-20(17)27-21/h2-8,15-16,27H,9-14H2,1H3,(H,25,32)(H,26,30). The normalized spacial score (nSPS) is 13.6. The highest BCUT2D eigenvalue weighted by atomic mass is 16.5. The number of methoxy groups -OCH3 is 1. The number of aromatic nitrogens is 1. The van der Waals surface area contributed by atoms with Crippen molar-refractivity contribution in [2.45, 2.75) is 6.42 Å². The van der Waals surface area contributed by atoms with Crippen LogP contribution in [0.25, 0.3) is 10.9 Å². The van der Waals surface area contributed by atoms with Crippen molar-refractivity contribution in [3.63, 3.8) is 0 Å². The van der Waals surface area contributed by atoms with E-state index in [1.165, 1.54) is 0 Å². The summed E-state index contributed by atoms with van der Waals surface area (Å²) in [7, 11) is 1.56. The van der Waals surface area contributed by atoms with Gasteiger partial charge in [0.25, 0.3) is 5.91 Å². The Morgan fingerprint density at radius 2 is 1.73 bits per heavy atom. The van der Waals surface area contributed by atoms with Gasteiger partial charge in [-0.05, 0) is 24.3 Å². The highest BCUT2D eigenvalue weighted by molar-refractivity contribution is 5.98. The lowest BCUT2D eigenvalue weighted by Gasteiger charge is -2.34.